The molecule has 0 amide bonds. The largest absolute Gasteiger partial charge is 0.493 e. The molecule has 0 atom stereocenters. The predicted molar refractivity (Wildman–Crippen MR) is 89.1 cm³/mol. The molecule has 2 rings (SSSR count). The van der Waals surface area contributed by atoms with Crippen molar-refractivity contribution in [1.82, 2.24) is 14.8 Å². The van der Waals surface area contributed by atoms with E-state index in [1.54, 1.807) is 38.0 Å². The average molecular weight is 353 g/mol. The van der Waals surface area contributed by atoms with Crippen molar-refractivity contribution in [2.75, 3.05) is 27.1 Å². The van der Waals surface area contributed by atoms with Crippen LogP contribution in [0.15, 0.2) is 17.3 Å². The third-order valence-corrected chi connectivity index (χ3v) is 4.33. The maximum absolute atomic E-state index is 10.6. The summed E-state index contributed by atoms with van der Waals surface area (Å²) in [5.74, 6) is 1.75. The van der Waals surface area contributed by atoms with Gasteiger partial charge in [0.15, 0.2) is 22.5 Å². The molecule has 9 heteroatoms. The fraction of sp³-hybridized carbons (Fsp3) is 0.400. The molecule has 0 saturated heterocycles. The molecule has 1 heterocycles. The second-order valence-electron chi connectivity index (χ2n) is 4.77. The summed E-state index contributed by atoms with van der Waals surface area (Å²) >= 11 is 1.34. The summed E-state index contributed by atoms with van der Waals surface area (Å²) in [4.78, 5) is 10.6. The van der Waals surface area contributed by atoms with Crippen LogP contribution in [-0.4, -0.2) is 52.9 Å². The minimum Gasteiger partial charge on any atom is -0.493 e. The zero-order valence-electron chi connectivity index (χ0n) is 13.9. The van der Waals surface area contributed by atoms with Gasteiger partial charge in [-0.3, -0.25) is 4.79 Å². The summed E-state index contributed by atoms with van der Waals surface area (Å²) in [6.07, 6.45) is 0.0665. The molecule has 0 unspecified atom stereocenters. The first-order valence-corrected chi connectivity index (χ1v) is 8.04. The van der Waals surface area contributed by atoms with E-state index in [9.17, 15) is 4.79 Å². The molecule has 0 bridgehead atoms. The Morgan fingerprint density at radius 3 is 2.29 bits per heavy atom. The Balaban J connectivity index is 2.35. The Kier molecular flexibility index (Phi) is 5.91. The number of rotatable bonds is 8. The summed E-state index contributed by atoms with van der Waals surface area (Å²) in [5, 5.41) is 17.6. The van der Waals surface area contributed by atoms with Crippen LogP contribution < -0.4 is 14.2 Å². The number of aromatic nitrogens is 3. The van der Waals surface area contributed by atoms with E-state index in [1.807, 2.05) is 7.05 Å². The van der Waals surface area contributed by atoms with E-state index >= 15 is 0 Å². The lowest BCUT2D eigenvalue weighted by molar-refractivity contribution is -0.136. The first kappa shape index (κ1) is 17.9. The van der Waals surface area contributed by atoms with E-state index in [-0.39, 0.29) is 6.42 Å². The Labute approximate surface area is 143 Å². The third-order valence-electron chi connectivity index (χ3n) is 3.30. The van der Waals surface area contributed by atoms with Crippen LogP contribution in [0.25, 0.3) is 11.4 Å². The number of carboxylic acid groups (broad SMARTS) is 1. The van der Waals surface area contributed by atoms with Gasteiger partial charge in [0, 0.05) is 18.4 Å². The van der Waals surface area contributed by atoms with E-state index in [2.05, 4.69) is 10.2 Å². The van der Waals surface area contributed by atoms with Crippen LogP contribution in [0.5, 0.6) is 17.2 Å². The number of nitrogens with zero attached hydrogens (tertiary/aromatic N) is 3. The van der Waals surface area contributed by atoms with Crippen LogP contribution in [0.2, 0.25) is 0 Å². The van der Waals surface area contributed by atoms with Crippen molar-refractivity contribution in [3.63, 3.8) is 0 Å². The zero-order valence-corrected chi connectivity index (χ0v) is 14.7. The molecule has 24 heavy (non-hydrogen) atoms. The van der Waals surface area contributed by atoms with Crippen LogP contribution in [-0.2, 0) is 11.8 Å². The summed E-state index contributed by atoms with van der Waals surface area (Å²) in [7, 11) is 6.46. The van der Waals surface area contributed by atoms with Gasteiger partial charge >= 0.3 is 5.97 Å². The lowest BCUT2D eigenvalue weighted by Crippen LogP contribution is -2.00. The molecular weight excluding hydrogens is 334 g/mol. The summed E-state index contributed by atoms with van der Waals surface area (Å²) < 4.78 is 17.8. The summed E-state index contributed by atoms with van der Waals surface area (Å²) in [6, 6.07) is 3.58. The standard InChI is InChI=1S/C15H19N3O5S/c1-18-14(16-17-15(18)24-6-5-12(19)20)9-7-10(21-2)13(23-4)11(8-9)22-3/h7-8H,5-6H2,1-4H3,(H,19,20). The Morgan fingerprint density at radius 2 is 1.79 bits per heavy atom. The molecule has 0 aliphatic heterocycles. The van der Waals surface area contributed by atoms with Crippen molar-refractivity contribution in [1.29, 1.82) is 0 Å². The highest BCUT2D eigenvalue weighted by Gasteiger charge is 2.18. The maximum atomic E-state index is 10.6. The minimum absolute atomic E-state index is 0.0665. The maximum Gasteiger partial charge on any atom is 0.304 e. The minimum atomic E-state index is -0.838. The van der Waals surface area contributed by atoms with Gasteiger partial charge in [0.2, 0.25) is 5.75 Å². The van der Waals surface area contributed by atoms with Gasteiger partial charge in [-0.2, -0.15) is 0 Å². The normalized spacial score (nSPS) is 10.5. The number of ether oxygens (including phenoxy) is 3. The lowest BCUT2D eigenvalue weighted by Gasteiger charge is -2.13. The molecule has 0 saturated carbocycles. The molecule has 0 fully saturated rings. The van der Waals surface area contributed by atoms with Crippen molar-refractivity contribution in [3.8, 4) is 28.6 Å². The molecule has 8 nitrogen and oxygen atoms in total. The number of benzene rings is 1. The smallest absolute Gasteiger partial charge is 0.304 e. The Hall–Kier alpha value is -2.42. The topological polar surface area (TPSA) is 95.7 Å². The summed E-state index contributed by atoms with van der Waals surface area (Å²) in [5.41, 5.74) is 0.754. The molecule has 0 radical (unpaired) electrons. The highest BCUT2D eigenvalue weighted by atomic mass is 32.2. The molecular formula is C15H19N3O5S. The fourth-order valence-electron chi connectivity index (χ4n) is 2.13. The van der Waals surface area contributed by atoms with Crippen molar-refractivity contribution >= 4 is 17.7 Å². The average Bonchev–Trinajstić information content (AvgIpc) is 2.94. The molecule has 1 aromatic carbocycles. The van der Waals surface area contributed by atoms with Crippen molar-refractivity contribution in [2.45, 2.75) is 11.6 Å². The monoisotopic (exact) mass is 353 g/mol. The van der Waals surface area contributed by atoms with Crippen molar-refractivity contribution in [3.05, 3.63) is 12.1 Å². The van der Waals surface area contributed by atoms with Gasteiger partial charge < -0.3 is 23.9 Å². The first-order chi connectivity index (χ1) is 11.5. The number of carbonyl (C=O) groups is 1. The van der Waals surface area contributed by atoms with E-state index in [1.165, 1.54) is 11.8 Å². The molecule has 0 aliphatic carbocycles. The highest BCUT2D eigenvalue weighted by molar-refractivity contribution is 7.99. The summed E-state index contributed by atoms with van der Waals surface area (Å²) in [6.45, 7) is 0. The second kappa shape index (κ2) is 7.91. The number of thioether (sulfide) groups is 1. The van der Waals surface area contributed by atoms with Crippen LogP contribution in [0.1, 0.15) is 6.42 Å². The molecule has 1 aromatic heterocycles. The van der Waals surface area contributed by atoms with Gasteiger partial charge in [0.1, 0.15) is 0 Å². The van der Waals surface area contributed by atoms with Gasteiger partial charge in [-0.05, 0) is 12.1 Å². The molecule has 0 aliphatic rings. The van der Waals surface area contributed by atoms with Gasteiger partial charge in [-0.1, -0.05) is 11.8 Å². The van der Waals surface area contributed by atoms with Gasteiger partial charge in [-0.25, -0.2) is 0 Å². The lowest BCUT2D eigenvalue weighted by atomic mass is 10.1. The van der Waals surface area contributed by atoms with Crippen LogP contribution in [0.4, 0.5) is 0 Å². The van der Waals surface area contributed by atoms with Crippen LogP contribution in [0, 0.1) is 0 Å². The molecule has 130 valence electrons. The number of aliphatic carboxylic acids is 1. The Bertz CT molecular complexity index is 707. The van der Waals surface area contributed by atoms with Gasteiger partial charge in [0.25, 0.3) is 0 Å². The van der Waals surface area contributed by atoms with Crippen LogP contribution >= 0.6 is 11.8 Å². The van der Waals surface area contributed by atoms with Crippen LogP contribution in [0.3, 0.4) is 0 Å². The van der Waals surface area contributed by atoms with Gasteiger partial charge in [-0.15, -0.1) is 10.2 Å². The predicted octanol–water partition coefficient (Wildman–Crippen LogP) is 2.07. The third kappa shape index (κ3) is 3.73. The van der Waals surface area contributed by atoms with Crippen molar-refractivity contribution in [2.24, 2.45) is 7.05 Å². The van der Waals surface area contributed by atoms with Gasteiger partial charge in [0.05, 0.1) is 27.8 Å². The fourth-order valence-corrected chi connectivity index (χ4v) is 2.97. The number of carboxylic acids is 1. The first-order valence-electron chi connectivity index (χ1n) is 7.06. The van der Waals surface area contributed by atoms with E-state index in [0.717, 1.165) is 5.56 Å². The highest BCUT2D eigenvalue weighted by Crippen LogP contribution is 2.41. The molecule has 1 N–H and O–H groups in total. The SMILES string of the molecule is COc1cc(-c2nnc(SCCC(=O)O)n2C)cc(OC)c1OC. The molecule has 0 spiro atoms. The van der Waals surface area contributed by atoms with E-state index in [0.29, 0.717) is 34.0 Å². The van der Waals surface area contributed by atoms with E-state index < -0.39 is 5.97 Å². The zero-order chi connectivity index (χ0) is 17.7. The number of methoxy groups -OCH3 is 3. The van der Waals surface area contributed by atoms with Crippen molar-refractivity contribution < 1.29 is 24.1 Å². The van der Waals surface area contributed by atoms with E-state index in [4.69, 9.17) is 19.3 Å². The second-order valence-corrected chi connectivity index (χ2v) is 5.83. The quantitative estimate of drug-likeness (QED) is 0.721. The number of hydrogen-bond donors (Lipinski definition) is 1. The number of hydrogen-bond acceptors (Lipinski definition) is 7. The molecule has 2 aromatic rings. The Morgan fingerprint density at radius 1 is 1.17 bits per heavy atom.